The summed E-state index contributed by atoms with van der Waals surface area (Å²) in [7, 11) is 3.30. The highest BCUT2D eigenvalue weighted by Crippen LogP contribution is 2.32. The van der Waals surface area contributed by atoms with E-state index in [4.69, 9.17) is 25.7 Å². The fourth-order valence-electron chi connectivity index (χ4n) is 4.78. The van der Waals surface area contributed by atoms with Gasteiger partial charge in [0.15, 0.2) is 11.5 Å². The SMILES string of the molecule is COCCCOc1cc(C[C@H](CC[C@H](O)C[C@@](N)(C(=O)N[C@H](CC(N)=O)C(C)C)C(C)C)C(C)C)ccc1OC. The minimum atomic E-state index is -1.28. The molecule has 0 aromatic heterocycles. The summed E-state index contributed by atoms with van der Waals surface area (Å²) in [5.41, 5.74) is 11.9. The molecule has 0 radical (unpaired) electrons. The summed E-state index contributed by atoms with van der Waals surface area (Å²) in [5, 5.41) is 14.0. The largest absolute Gasteiger partial charge is 0.493 e. The second-order valence-corrected chi connectivity index (χ2v) is 12.0. The van der Waals surface area contributed by atoms with Gasteiger partial charge in [0.05, 0.1) is 19.8 Å². The molecule has 40 heavy (non-hydrogen) atoms. The van der Waals surface area contributed by atoms with Crippen LogP contribution in [0.15, 0.2) is 18.2 Å². The molecule has 9 heteroatoms. The number of methoxy groups -OCH3 is 2. The number of amides is 2. The maximum atomic E-state index is 13.3. The third kappa shape index (κ3) is 11.6. The van der Waals surface area contributed by atoms with Gasteiger partial charge >= 0.3 is 0 Å². The van der Waals surface area contributed by atoms with Crippen LogP contribution in [0.1, 0.15) is 79.2 Å². The van der Waals surface area contributed by atoms with Gasteiger partial charge in [0.25, 0.3) is 0 Å². The molecule has 4 atom stereocenters. The number of primary amides is 1. The molecule has 0 saturated carbocycles. The molecule has 1 aromatic carbocycles. The van der Waals surface area contributed by atoms with Crippen molar-refractivity contribution in [2.75, 3.05) is 27.4 Å². The lowest BCUT2D eigenvalue weighted by Crippen LogP contribution is -2.61. The van der Waals surface area contributed by atoms with Crippen molar-refractivity contribution < 1.29 is 28.9 Å². The Kier molecular flexibility index (Phi) is 15.6. The number of nitrogens with one attached hydrogen (secondary N) is 1. The fraction of sp³-hybridized carbons (Fsp3) is 0.742. The van der Waals surface area contributed by atoms with Crippen molar-refractivity contribution in [3.05, 3.63) is 23.8 Å². The molecule has 1 aromatic rings. The van der Waals surface area contributed by atoms with Gasteiger partial charge in [-0.15, -0.1) is 0 Å². The molecule has 0 aliphatic carbocycles. The first kappa shape index (κ1) is 35.7. The van der Waals surface area contributed by atoms with E-state index in [1.54, 1.807) is 14.2 Å². The molecule has 0 saturated heterocycles. The highest BCUT2D eigenvalue weighted by Gasteiger charge is 2.40. The fourth-order valence-corrected chi connectivity index (χ4v) is 4.78. The lowest BCUT2D eigenvalue weighted by atomic mass is 9.78. The van der Waals surface area contributed by atoms with Crippen molar-refractivity contribution in [3.8, 4) is 11.5 Å². The van der Waals surface area contributed by atoms with E-state index < -0.39 is 23.6 Å². The highest BCUT2D eigenvalue weighted by atomic mass is 16.5. The van der Waals surface area contributed by atoms with Gasteiger partial charge in [0.2, 0.25) is 11.8 Å². The van der Waals surface area contributed by atoms with Crippen molar-refractivity contribution in [2.45, 2.75) is 97.8 Å². The van der Waals surface area contributed by atoms with Crippen LogP contribution in [0.2, 0.25) is 0 Å². The second kappa shape index (κ2) is 17.5. The van der Waals surface area contributed by atoms with Crippen LogP contribution in [0.25, 0.3) is 0 Å². The number of aliphatic hydroxyl groups excluding tert-OH is 1. The maximum absolute atomic E-state index is 13.3. The molecule has 1 rings (SSSR count). The number of hydrogen-bond donors (Lipinski definition) is 4. The quantitative estimate of drug-likeness (QED) is 0.176. The number of carbonyl (C=O) groups is 2. The number of nitrogens with two attached hydrogens (primary N) is 2. The highest BCUT2D eigenvalue weighted by molar-refractivity contribution is 5.87. The van der Waals surface area contributed by atoms with Crippen molar-refractivity contribution in [3.63, 3.8) is 0 Å². The Balaban J connectivity index is 2.89. The number of benzene rings is 1. The van der Waals surface area contributed by atoms with Crippen molar-refractivity contribution in [1.82, 2.24) is 5.32 Å². The van der Waals surface area contributed by atoms with Crippen LogP contribution in [0, 0.1) is 23.7 Å². The number of hydrogen-bond acceptors (Lipinski definition) is 7. The van der Waals surface area contributed by atoms with E-state index in [1.807, 2.05) is 39.8 Å². The molecule has 0 spiro atoms. The molecule has 2 amide bonds. The predicted octanol–water partition coefficient (Wildman–Crippen LogP) is 3.83. The Morgan fingerprint density at radius 2 is 1.68 bits per heavy atom. The Morgan fingerprint density at radius 3 is 2.20 bits per heavy atom. The molecule has 0 aliphatic rings. The molecule has 6 N–H and O–H groups in total. The third-order valence-corrected chi connectivity index (χ3v) is 7.86. The second-order valence-electron chi connectivity index (χ2n) is 12.0. The molecular formula is C31H55N3O6. The number of aliphatic hydroxyl groups is 1. The molecule has 0 bridgehead atoms. The summed E-state index contributed by atoms with van der Waals surface area (Å²) in [4.78, 5) is 24.8. The van der Waals surface area contributed by atoms with E-state index in [1.165, 1.54) is 0 Å². The van der Waals surface area contributed by atoms with Crippen LogP contribution in [0.5, 0.6) is 11.5 Å². The Labute approximate surface area is 241 Å². The lowest BCUT2D eigenvalue weighted by molar-refractivity contribution is -0.131. The zero-order valence-corrected chi connectivity index (χ0v) is 26.0. The van der Waals surface area contributed by atoms with E-state index in [-0.39, 0.29) is 30.6 Å². The zero-order chi connectivity index (χ0) is 30.5. The van der Waals surface area contributed by atoms with Gasteiger partial charge in [-0.1, -0.05) is 47.6 Å². The number of carbonyl (C=O) groups excluding carboxylic acids is 2. The van der Waals surface area contributed by atoms with E-state index in [2.05, 4.69) is 25.2 Å². The maximum Gasteiger partial charge on any atom is 0.240 e. The number of ether oxygens (including phenoxy) is 3. The minimum absolute atomic E-state index is 0.0128. The van der Waals surface area contributed by atoms with Crippen LogP contribution in [0.3, 0.4) is 0 Å². The topological polar surface area (TPSA) is 146 Å². The summed E-state index contributed by atoms with van der Waals surface area (Å²) in [6.07, 6.45) is 2.34. The average molecular weight is 566 g/mol. The lowest BCUT2D eigenvalue weighted by Gasteiger charge is -2.36. The predicted molar refractivity (Wildman–Crippen MR) is 159 cm³/mol. The molecular weight excluding hydrogens is 510 g/mol. The van der Waals surface area contributed by atoms with Gasteiger partial charge in [-0.05, 0) is 60.6 Å². The van der Waals surface area contributed by atoms with Gasteiger partial charge in [0, 0.05) is 39.0 Å². The third-order valence-electron chi connectivity index (χ3n) is 7.86. The normalized spacial score (nSPS) is 15.5. The molecule has 9 nitrogen and oxygen atoms in total. The minimum Gasteiger partial charge on any atom is -0.493 e. The summed E-state index contributed by atoms with van der Waals surface area (Å²) in [6.45, 7) is 13.1. The van der Waals surface area contributed by atoms with Crippen LogP contribution >= 0.6 is 0 Å². The van der Waals surface area contributed by atoms with E-state index >= 15 is 0 Å². The zero-order valence-electron chi connectivity index (χ0n) is 26.0. The van der Waals surface area contributed by atoms with E-state index in [0.717, 1.165) is 24.8 Å². The molecule has 230 valence electrons. The smallest absolute Gasteiger partial charge is 0.240 e. The molecule has 0 fully saturated rings. The standard InChI is InChI=1S/C31H55N3O6/c1-20(2)24(16-23-10-13-27(39-8)28(17-23)40-15-9-14-38-7)11-12-25(35)19-31(33,22(5)6)30(37)34-26(21(3)4)18-29(32)36/h10,13,17,20-22,24-26,35H,9,11-12,14-16,18-19,33H2,1-8H3,(H2,32,36)(H,34,37)/t24-,25-,26+,31-/m0/s1. The van der Waals surface area contributed by atoms with Gasteiger partial charge in [0.1, 0.15) is 5.54 Å². The summed E-state index contributed by atoms with van der Waals surface area (Å²) in [5.74, 6) is 1.06. The van der Waals surface area contributed by atoms with Crippen LogP contribution in [-0.2, 0) is 20.7 Å². The van der Waals surface area contributed by atoms with E-state index in [9.17, 15) is 14.7 Å². The first-order valence-electron chi connectivity index (χ1n) is 14.6. The van der Waals surface area contributed by atoms with Gasteiger partial charge in [-0.2, -0.15) is 0 Å². The molecule has 0 aliphatic heterocycles. The summed E-state index contributed by atoms with van der Waals surface area (Å²) < 4.78 is 16.5. The Morgan fingerprint density at radius 1 is 1.00 bits per heavy atom. The Hall–Kier alpha value is -2.36. The molecule has 0 heterocycles. The van der Waals surface area contributed by atoms with Crippen molar-refractivity contribution >= 4 is 11.8 Å². The van der Waals surface area contributed by atoms with Gasteiger partial charge < -0.3 is 36.1 Å². The molecule has 0 unspecified atom stereocenters. The van der Waals surface area contributed by atoms with Crippen LogP contribution < -0.4 is 26.3 Å². The average Bonchev–Trinajstić information content (AvgIpc) is 2.87. The van der Waals surface area contributed by atoms with Crippen molar-refractivity contribution in [2.24, 2.45) is 35.1 Å². The van der Waals surface area contributed by atoms with E-state index in [0.29, 0.717) is 43.0 Å². The first-order chi connectivity index (χ1) is 18.7. The van der Waals surface area contributed by atoms with Crippen molar-refractivity contribution in [1.29, 1.82) is 0 Å². The van der Waals surface area contributed by atoms with Crippen LogP contribution in [-0.4, -0.2) is 62.0 Å². The van der Waals surface area contributed by atoms with Gasteiger partial charge in [-0.3, -0.25) is 9.59 Å². The summed E-state index contributed by atoms with van der Waals surface area (Å²) in [6, 6.07) is 5.60. The monoisotopic (exact) mass is 565 g/mol. The first-order valence-corrected chi connectivity index (χ1v) is 14.6. The Bertz CT molecular complexity index is 907. The summed E-state index contributed by atoms with van der Waals surface area (Å²) >= 11 is 0. The number of rotatable bonds is 20. The van der Waals surface area contributed by atoms with Gasteiger partial charge in [-0.25, -0.2) is 0 Å². The van der Waals surface area contributed by atoms with Crippen LogP contribution in [0.4, 0.5) is 0 Å².